The van der Waals surface area contributed by atoms with E-state index in [1.807, 2.05) is 50.3 Å². The van der Waals surface area contributed by atoms with E-state index >= 15 is 8.78 Å². The molecule has 4 N–H and O–H groups in total. The van der Waals surface area contributed by atoms with Crippen molar-refractivity contribution < 1.29 is 64.0 Å². The van der Waals surface area contributed by atoms with Crippen LogP contribution < -0.4 is 30.1 Å². The number of ether oxygens (including phenoxy) is 1. The fourth-order valence-corrected chi connectivity index (χ4v) is 14.1. The zero-order valence-electron chi connectivity index (χ0n) is 36.6. The molecular formula is C45H39F2N3O12S6. The van der Waals surface area contributed by atoms with Crippen LogP contribution in [0, 0.1) is 11.6 Å². The van der Waals surface area contributed by atoms with E-state index in [1.165, 1.54) is 35.6 Å². The van der Waals surface area contributed by atoms with E-state index in [2.05, 4.69) is 10.4 Å². The highest BCUT2D eigenvalue weighted by Gasteiger charge is 2.43. The van der Waals surface area contributed by atoms with Crippen molar-refractivity contribution in [1.29, 1.82) is 0 Å². The number of anilines is 1. The number of amides is 1. The van der Waals surface area contributed by atoms with E-state index < -0.39 is 70.0 Å². The summed E-state index contributed by atoms with van der Waals surface area (Å²) in [6.45, 7) is 7.82. The Morgan fingerprint density at radius 3 is 2.32 bits per heavy atom. The van der Waals surface area contributed by atoms with E-state index in [-0.39, 0.29) is 44.4 Å². The van der Waals surface area contributed by atoms with Crippen molar-refractivity contribution in [2.24, 2.45) is 0 Å². The number of phenols is 1. The topological polar surface area (TPSA) is 215 Å². The minimum absolute atomic E-state index is 0.00928. The first-order chi connectivity index (χ1) is 31.9. The summed E-state index contributed by atoms with van der Waals surface area (Å²) >= 11 is 3.38. The summed E-state index contributed by atoms with van der Waals surface area (Å²) < 4.78 is 123. The van der Waals surface area contributed by atoms with Gasteiger partial charge >= 0.3 is 10.1 Å². The minimum atomic E-state index is -5.82. The number of nitrogens with one attached hydrogen (secondary N) is 1. The Morgan fingerprint density at radius 1 is 0.941 bits per heavy atom. The SMILES string of the molecule is CN1c2cc3c(cc2-c2sc(SOOO)cc2C1(C)C)C(c1c(F)c(SCC(=O)NCCc2ccc(O)cc2)cc(F)c1S(=O)(=O)[O-])=c1cc2c(cc1O3)=[N+](C)C(C)(C)c1cc(S(=O)(=O)O)sc1-2. The van der Waals surface area contributed by atoms with E-state index in [0.717, 1.165) is 34.5 Å². The Morgan fingerprint density at radius 2 is 1.65 bits per heavy atom. The number of hydrogen-bond donors (Lipinski definition) is 4. The number of thiophene rings is 2. The maximum absolute atomic E-state index is 17.8. The van der Waals surface area contributed by atoms with Crippen molar-refractivity contribution in [2.45, 2.75) is 63.4 Å². The summed E-state index contributed by atoms with van der Waals surface area (Å²) in [6, 6.07) is 16.6. The summed E-state index contributed by atoms with van der Waals surface area (Å²) in [5.41, 5.74) is 1.03. The average Bonchev–Trinajstić information content (AvgIpc) is 3.93. The second-order valence-corrected chi connectivity index (χ2v) is 24.2. The van der Waals surface area contributed by atoms with Gasteiger partial charge in [-0.05, 0) is 73.9 Å². The highest BCUT2D eigenvalue weighted by molar-refractivity contribution is 8.00. The molecule has 68 heavy (non-hydrogen) atoms. The standard InChI is InChI=1S/C45H39F2N3O12S6/c1-44(2)27-15-36(66-62-61-53)64-41(27)23-13-25-32(18-30(23)49(44)5)60-33-19-31-24(42-28(45(3,4)50(31)6)16-37(65-42)67(54,55)56)14-26(33)38(25)39-40(47)34(17-29(46)43(39)68(57,58)59)63-20-35(52)48-12-11-21-7-9-22(51)10-8-21/h7-10,13-19H,11-12,20H2,1-6H3,(H4-,48,51,52,53,54,55,56,57,58,59). The van der Waals surface area contributed by atoms with Crippen LogP contribution in [0.15, 0.2) is 84.9 Å². The molecule has 0 atom stereocenters. The molecule has 6 aromatic rings. The van der Waals surface area contributed by atoms with Crippen LogP contribution in [0.25, 0.3) is 26.5 Å². The summed E-state index contributed by atoms with van der Waals surface area (Å²) in [4.78, 5) is 14.2. The normalized spacial score (nSPS) is 15.4. The van der Waals surface area contributed by atoms with Crippen molar-refractivity contribution >= 4 is 83.9 Å². The number of nitrogens with zero attached hydrogens (tertiary/aromatic N) is 2. The fraction of sp³-hybridized carbons (Fsp3) is 0.244. The summed E-state index contributed by atoms with van der Waals surface area (Å²) in [6.07, 6.45) is 0.398. The largest absolute Gasteiger partial charge is 0.744 e. The maximum atomic E-state index is 17.8. The number of benzene rings is 4. The molecule has 0 saturated carbocycles. The van der Waals surface area contributed by atoms with Crippen molar-refractivity contribution in [2.75, 3.05) is 31.3 Å². The monoisotopic (exact) mass is 1040 g/mol. The summed E-state index contributed by atoms with van der Waals surface area (Å²) in [5.74, 6) is -3.66. The van der Waals surface area contributed by atoms with Crippen molar-refractivity contribution in [3.05, 3.63) is 117 Å². The van der Waals surface area contributed by atoms with Crippen molar-refractivity contribution in [3.63, 3.8) is 0 Å². The van der Waals surface area contributed by atoms with Crippen LogP contribution in [0.3, 0.4) is 0 Å². The number of carbonyl (C=O) groups is 1. The first kappa shape index (κ1) is 48.1. The lowest BCUT2D eigenvalue weighted by Crippen LogP contribution is -2.46. The second kappa shape index (κ2) is 17.2. The van der Waals surface area contributed by atoms with Crippen molar-refractivity contribution in [1.82, 2.24) is 9.89 Å². The van der Waals surface area contributed by atoms with Gasteiger partial charge in [-0.1, -0.05) is 17.2 Å². The van der Waals surface area contributed by atoms with Crippen molar-refractivity contribution in [3.8, 4) is 38.1 Å². The van der Waals surface area contributed by atoms with Gasteiger partial charge in [0.1, 0.15) is 55.2 Å². The van der Waals surface area contributed by atoms with Crippen LogP contribution in [0.1, 0.15) is 55.5 Å². The van der Waals surface area contributed by atoms with Gasteiger partial charge in [0.05, 0.1) is 44.1 Å². The van der Waals surface area contributed by atoms with Gasteiger partial charge in [-0.3, -0.25) is 9.35 Å². The van der Waals surface area contributed by atoms with Crippen LogP contribution in [0.2, 0.25) is 0 Å². The van der Waals surface area contributed by atoms with Gasteiger partial charge in [0.25, 0.3) is 0 Å². The lowest BCUT2D eigenvalue weighted by atomic mass is 9.83. The number of rotatable bonds is 12. The predicted molar refractivity (Wildman–Crippen MR) is 252 cm³/mol. The number of halogens is 2. The molecule has 356 valence electrons. The smallest absolute Gasteiger partial charge is 0.304 e. The summed E-state index contributed by atoms with van der Waals surface area (Å²) in [7, 11) is -6.89. The molecule has 0 bridgehead atoms. The third kappa shape index (κ3) is 8.19. The Kier molecular flexibility index (Phi) is 12.2. The zero-order valence-corrected chi connectivity index (χ0v) is 41.5. The number of carbonyl (C=O) groups excluding carboxylic acids is 1. The van der Waals surface area contributed by atoms with Crippen LogP contribution in [-0.4, -0.2) is 68.6 Å². The number of thioether (sulfide) groups is 1. The van der Waals surface area contributed by atoms with Crippen LogP contribution >= 0.6 is 46.5 Å². The molecule has 5 heterocycles. The molecule has 0 fully saturated rings. The molecule has 4 aromatic carbocycles. The van der Waals surface area contributed by atoms with Crippen LogP contribution in [0.4, 0.5) is 14.5 Å². The lowest BCUT2D eigenvalue weighted by Gasteiger charge is -2.43. The van der Waals surface area contributed by atoms with Gasteiger partial charge in [0.15, 0.2) is 5.54 Å². The Balaban J connectivity index is 1.30. The molecule has 3 aliphatic rings. The highest BCUT2D eigenvalue weighted by Crippen LogP contribution is 2.55. The van der Waals surface area contributed by atoms with E-state index in [0.29, 0.717) is 65.9 Å². The lowest BCUT2D eigenvalue weighted by molar-refractivity contribution is -0.432. The molecule has 0 radical (unpaired) electrons. The molecule has 15 nitrogen and oxygen atoms in total. The molecule has 1 amide bonds. The van der Waals surface area contributed by atoms with Crippen LogP contribution in [-0.2, 0) is 51.9 Å². The number of aromatic hydroxyl groups is 1. The number of phenolic OH excluding ortho intramolecular Hbond substituents is 1. The molecule has 3 aliphatic heterocycles. The molecule has 9 rings (SSSR count). The highest BCUT2D eigenvalue weighted by atomic mass is 32.3. The van der Waals surface area contributed by atoms with Gasteiger partial charge < -0.3 is 24.6 Å². The van der Waals surface area contributed by atoms with Crippen LogP contribution in [0.5, 0.6) is 17.2 Å². The average molecular weight is 1040 g/mol. The molecular weight excluding hydrogens is 1000 g/mol. The number of hydrogen-bond acceptors (Lipinski definition) is 16. The third-order valence-electron chi connectivity index (χ3n) is 12.6. The molecule has 0 saturated heterocycles. The molecule has 23 heteroatoms. The van der Waals surface area contributed by atoms with Gasteiger partial charge in [0, 0.05) is 82.0 Å². The fourth-order valence-electron chi connectivity index (χ4n) is 8.74. The first-order valence-corrected chi connectivity index (χ1v) is 26.6. The minimum Gasteiger partial charge on any atom is -0.744 e. The Hall–Kier alpha value is -4.92. The first-order valence-electron chi connectivity index (χ1n) is 20.4. The predicted octanol–water partition coefficient (Wildman–Crippen LogP) is 7.57. The Labute approximate surface area is 404 Å². The van der Waals surface area contributed by atoms with E-state index in [4.69, 9.17) is 14.3 Å². The Bertz CT molecular complexity index is 3500. The van der Waals surface area contributed by atoms with Gasteiger partial charge in [-0.25, -0.2) is 27.0 Å². The molecule has 0 aliphatic carbocycles. The number of fused-ring (bicyclic) bond motifs is 8. The molecule has 2 aromatic heterocycles. The van der Waals surface area contributed by atoms with Gasteiger partial charge in [-0.2, -0.15) is 8.42 Å². The molecule has 0 unspecified atom stereocenters. The van der Waals surface area contributed by atoms with Gasteiger partial charge in [0.2, 0.25) is 11.3 Å². The quantitative estimate of drug-likeness (QED) is 0.0232. The second-order valence-electron chi connectivity index (χ2n) is 17.1. The van der Waals surface area contributed by atoms with E-state index in [9.17, 15) is 35.8 Å². The van der Waals surface area contributed by atoms with Gasteiger partial charge in [-0.15, -0.1) is 38.8 Å². The third-order valence-corrected chi connectivity index (χ3v) is 18.9. The van der Waals surface area contributed by atoms with E-state index in [1.54, 1.807) is 37.4 Å². The molecule has 0 spiro atoms. The zero-order chi connectivity index (χ0) is 49.0. The maximum Gasteiger partial charge on any atom is 0.304 e. The summed E-state index contributed by atoms with van der Waals surface area (Å²) in [5, 5.41) is 25.6.